The van der Waals surface area contributed by atoms with Crippen LogP contribution in [0.5, 0.6) is 0 Å². The molecule has 0 saturated carbocycles. The zero-order chi connectivity index (χ0) is 17.3. The van der Waals surface area contributed by atoms with Gasteiger partial charge >= 0.3 is 0 Å². The molecule has 9 heteroatoms. The third-order valence-corrected chi connectivity index (χ3v) is 4.63. The van der Waals surface area contributed by atoms with Crippen molar-refractivity contribution >= 4 is 57.5 Å². The number of hydrogen-bond donors (Lipinski definition) is 1. The molecule has 0 fully saturated rings. The van der Waals surface area contributed by atoms with Gasteiger partial charge in [-0.05, 0) is 40.3 Å². The van der Waals surface area contributed by atoms with Gasteiger partial charge in [0.05, 0.1) is 16.3 Å². The molecule has 0 atom stereocenters. The summed E-state index contributed by atoms with van der Waals surface area (Å²) in [4.78, 5) is 12.4. The quantitative estimate of drug-likeness (QED) is 0.583. The number of aromatic nitrogens is 4. The van der Waals surface area contributed by atoms with E-state index < -0.39 is 0 Å². The number of carbonyl (C=O) groups excluding carboxylic acids is 1. The van der Waals surface area contributed by atoms with Crippen LogP contribution in [0.3, 0.4) is 0 Å². The molecule has 1 aromatic carbocycles. The van der Waals surface area contributed by atoms with E-state index in [1.807, 2.05) is 24.3 Å². The van der Waals surface area contributed by atoms with Crippen molar-refractivity contribution in [3.63, 3.8) is 0 Å². The topological polar surface area (TPSA) is 64.7 Å². The molecule has 0 aliphatic heterocycles. The number of rotatable bonds is 4. The van der Waals surface area contributed by atoms with Crippen LogP contribution in [-0.2, 0) is 13.6 Å². The van der Waals surface area contributed by atoms with Gasteiger partial charge < -0.3 is 5.32 Å². The fraction of sp³-hybridized carbons (Fsp3) is 0.133. The average Bonchev–Trinajstić information content (AvgIpc) is 3.04. The fourth-order valence-electron chi connectivity index (χ4n) is 2.17. The van der Waals surface area contributed by atoms with Crippen LogP contribution in [0.2, 0.25) is 10.0 Å². The Morgan fingerprint density at radius 3 is 2.62 bits per heavy atom. The molecule has 0 radical (unpaired) electrons. The highest BCUT2D eigenvalue weighted by atomic mass is 127. The maximum Gasteiger partial charge on any atom is 0.276 e. The Morgan fingerprint density at radius 1 is 1.29 bits per heavy atom. The Morgan fingerprint density at radius 2 is 2.00 bits per heavy atom. The van der Waals surface area contributed by atoms with Gasteiger partial charge in [0, 0.05) is 18.3 Å². The van der Waals surface area contributed by atoms with Crippen molar-refractivity contribution in [2.45, 2.75) is 6.54 Å². The van der Waals surface area contributed by atoms with Crippen molar-refractivity contribution in [2.75, 3.05) is 5.32 Å². The van der Waals surface area contributed by atoms with E-state index in [2.05, 4.69) is 38.1 Å². The van der Waals surface area contributed by atoms with Gasteiger partial charge in [-0.1, -0.05) is 35.3 Å². The van der Waals surface area contributed by atoms with Gasteiger partial charge in [0.2, 0.25) is 0 Å². The van der Waals surface area contributed by atoms with Crippen LogP contribution >= 0.6 is 45.8 Å². The molecule has 24 heavy (non-hydrogen) atoms. The molecule has 0 aliphatic carbocycles. The summed E-state index contributed by atoms with van der Waals surface area (Å²) in [6.07, 6.45) is 3.29. The number of anilines is 1. The van der Waals surface area contributed by atoms with E-state index >= 15 is 0 Å². The minimum Gasteiger partial charge on any atom is -0.302 e. The SMILES string of the molecule is Cn1ncc(I)c1C(=O)Nc1nn(Cc2ccc(Cl)cc2)cc1Cl. The standard InChI is InChI=1S/C15H12Cl2IN5O/c1-22-13(12(18)6-19-22)15(24)20-14-11(17)8-23(21-14)7-9-2-4-10(16)5-3-9/h2-6,8H,7H2,1H3,(H,20,21,24). The first-order valence-corrected chi connectivity index (χ1v) is 8.74. The molecule has 3 aromatic rings. The van der Waals surface area contributed by atoms with Crippen molar-refractivity contribution in [3.05, 3.63) is 61.5 Å². The number of aryl methyl sites for hydroxylation is 1. The number of halogens is 3. The minimum absolute atomic E-state index is 0.307. The molecule has 124 valence electrons. The number of carbonyl (C=O) groups is 1. The highest BCUT2D eigenvalue weighted by Crippen LogP contribution is 2.22. The fourth-order valence-corrected chi connectivity index (χ4v) is 3.21. The molecule has 0 spiro atoms. The van der Waals surface area contributed by atoms with Gasteiger partial charge in [0.15, 0.2) is 5.82 Å². The van der Waals surface area contributed by atoms with Gasteiger partial charge in [0.25, 0.3) is 5.91 Å². The van der Waals surface area contributed by atoms with E-state index in [9.17, 15) is 4.79 Å². The third-order valence-electron chi connectivity index (χ3n) is 3.32. The van der Waals surface area contributed by atoms with Gasteiger partial charge in [-0.15, -0.1) is 0 Å². The molecule has 0 bridgehead atoms. The highest BCUT2D eigenvalue weighted by molar-refractivity contribution is 14.1. The summed E-state index contributed by atoms with van der Waals surface area (Å²) in [6.45, 7) is 0.524. The van der Waals surface area contributed by atoms with E-state index in [1.165, 1.54) is 4.68 Å². The lowest BCUT2D eigenvalue weighted by atomic mass is 10.2. The molecule has 6 nitrogen and oxygen atoms in total. The van der Waals surface area contributed by atoms with Crippen LogP contribution in [-0.4, -0.2) is 25.5 Å². The molecule has 2 aromatic heterocycles. The lowest BCUT2D eigenvalue weighted by Gasteiger charge is -2.04. The molecule has 0 aliphatic rings. The number of nitrogens with zero attached hydrogens (tertiary/aromatic N) is 4. The zero-order valence-corrected chi connectivity index (χ0v) is 16.2. The van der Waals surface area contributed by atoms with Crippen LogP contribution < -0.4 is 5.32 Å². The second-order valence-electron chi connectivity index (χ2n) is 5.07. The molecule has 1 N–H and O–H groups in total. The maximum absolute atomic E-state index is 12.4. The van der Waals surface area contributed by atoms with Crippen molar-refractivity contribution < 1.29 is 4.79 Å². The summed E-state index contributed by atoms with van der Waals surface area (Å²) in [5, 5.41) is 12.1. The van der Waals surface area contributed by atoms with Gasteiger partial charge in [0.1, 0.15) is 10.7 Å². The first-order valence-electron chi connectivity index (χ1n) is 6.90. The number of amides is 1. The first kappa shape index (κ1) is 17.2. The van der Waals surface area contributed by atoms with Crippen molar-refractivity contribution in [2.24, 2.45) is 7.05 Å². The number of nitrogens with one attached hydrogen (secondary N) is 1. The lowest BCUT2D eigenvalue weighted by Crippen LogP contribution is -2.18. The molecule has 1 amide bonds. The normalized spacial score (nSPS) is 10.8. The smallest absolute Gasteiger partial charge is 0.276 e. The summed E-state index contributed by atoms with van der Waals surface area (Å²) in [7, 11) is 1.71. The van der Waals surface area contributed by atoms with E-state index in [-0.39, 0.29) is 5.91 Å². The van der Waals surface area contributed by atoms with Crippen LogP contribution in [0.1, 0.15) is 16.1 Å². The summed E-state index contributed by atoms with van der Waals surface area (Å²) >= 11 is 14.1. The van der Waals surface area contributed by atoms with Crippen molar-refractivity contribution in [1.82, 2.24) is 19.6 Å². The highest BCUT2D eigenvalue weighted by Gasteiger charge is 2.18. The monoisotopic (exact) mass is 475 g/mol. The average molecular weight is 476 g/mol. The van der Waals surface area contributed by atoms with Crippen LogP contribution in [0.25, 0.3) is 0 Å². The van der Waals surface area contributed by atoms with Crippen LogP contribution in [0.15, 0.2) is 36.7 Å². The number of benzene rings is 1. The summed E-state index contributed by atoms with van der Waals surface area (Å²) in [5.74, 6) is 0.00525. The molecular weight excluding hydrogens is 464 g/mol. The Bertz CT molecular complexity index is 868. The van der Waals surface area contributed by atoms with Gasteiger partial charge in [-0.2, -0.15) is 10.2 Å². The Balaban J connectivity index is 1.77. The number of hydrogen-bond acceptors (Lipinski definition) is 3. The Kier molecular flexibility index (Phi) is 5.12. The second-order valence-corrected chi connectivity index (χ2v) is 7.07. The van der Waals surface area contributed by atoms with E-state index in [1.54, 1.807) is 24.1 Å². The van der Waals surface area contributed by atoms with Crippen molar-refractivity contribution in [3.8, 4) is 0 Å². The molecule has 2 heterocycles. The lowest BCUT2D eigenvalue weighted by molar-refractivity contribution is 0.101. The summed E-state index contributed by atoms with van der Waals surface area (Å²) in [5.41, 5.74) is 1.48. The van der Waals surface area contributed by atoms with Gasteiger partial charge in [-0.25, -0.2) is 0 Å². The predicted molar refractivity (Wildman–Crippen MR) is 102 cm³/mol. The maximum atomic E-state index is 12.4. The van der Waals surface area contributed by atoms with E-state index in [4.69, 9.17) is 23.2 Å². The Hall–Kier alpha value is -1.58. The molecule has 0 saturated heterocycles. The zero-order valence-electron chi connectivity index (χ0n) is 12.5. The third kappa shape index (κ3) is 3.73. The summed E-state index contributed by atoms with van der Waals surface area (Å²) < 4.78 is 3.93. The van der Waals surface area contributed by atoms with E-state index in [0.29, 0.717) is 28.1 Å². The molecule has 3 rings (SSSR count). The summed E-state index contributed by atoms with van der Waals surface area (Å²) in [6, 6.07) is 7.45. The molecule has 0 unspecified atom stereocenters. The largest absolute Gasteiger partial charge is 0.302 e. The predicted octanol–water partition coefficient (Wildman–Crippen LogP) is 3.83. The second kappa shape index (κ2) is 7.12. The van der Waals surface area contributed by atoms with Crippen LogP contribution in [0, 0.1) is 3.57 Å². The minimum atomic E-state index is -0.307. The van der Waals surface area contributed by atoms with Crippen LogP contribution in [0.4, 0.5) is 5.82 Å². The van der Waals surface area contributed by atoms with Gasteiger partial charge in [-0.3, -0.25) is 14.2 Å². The Labute approximate surface area is 161 Å². The van der Waals surface area contributed by atoms with E-state index in [0.717, 1.165) is 9.13 Å². The van der Waals surface area contributed by atoms with Crippen molar-refractivity contribution in [1.29, 1.82) is 0 Å². The first-order chi connectivity index (χ1) is 11.4. The molecular formula is C15H12Cl2IN5O.